The van der Waals surface area contributed by atoms with Crippen molar-refractivity contribution >= 4 is 40.3 Å². The van der Waals surface area contributed by atoms with Gasteiger partial charge in [-0.2, -0.15) is 0 Å². The second-order valence-electron chi connectivity index (χ2n) is 3.80. The van der Waals surface area contributed by atoms with E-state index < -0.39 is 0 Å². The number of hydrogen-bond acceptors (Lipinski definition) is 2. The molecule has 2 rings (SSSR count). The first kappa shape index (κ1) is 11.8. The van der Waals surface area contributed by atoms with Crippen molar-refractivity contribution in [3.63, 3.8) is 0 Å². The Bertz CT molecular complexity index is 590. The molecule has 0 aliphatic heterocycles. The van der Waals surface area contributed by atoms with Crippen LogP contribution in [0, 0.1) is 0 Å². The number of fused-ring (bicyclic) bond motifs is 1. The van der Waals surface area contributed by atoms with E-state index in [0.717, 1.165) is 0 Å². The zero-order chi connectivity index (χ0) is 12.3. The Morgan fingerprint density at radius 2 is 2.24 bits per heavy atom. The quantitative estimate of drug-likeness (QED) is 0.683. The first-order chi connectivity index (χ1) is 8.30. The molecule has 0 radical (unpaired) electrons. The Hall–Kier alpha value is -1.67. The molecule has 0 spiro atoms. The maximum Gasteiger partial charge on any atom is 0.0632 e. The highest BCUT2D eigenvalue weighted by atomic mass is 32.1. The first-order valence-electron chi connectivity index (χ1n) is 5.53. The van der Waals surface area contributed by atoms with Crippen LogP contribution >= 0.6 is 11.3 Å². The number of aliphatic imine (C=N–C) groups is 1. The normalized spacial score (nSPS) is 11.1. The molecule has 1 heterocycles. The topological polar surface area (TPSA) is 12.4 Å². The largest absolute Gasteiger partial charge is 0.296 e. The SMILES string of the molecule is C=Cc1sc2ccc(CN=C)cc2c1/C=C\C. The summed E-state index contributed by atoms with van der Waals surface area (Å²) in [7, 11) is 0. The summed E-state index contributed by atoms with van der Waals surface area (Å²) in [5.41, 5.74) is 2.46. The Morgan fingerprint density at radius 1 is 1.41 bits per heavy atom. The maximum absolute atomic E-state index is 3.93. The molecule has 0 saturated carbocycles. The summed E-state index contributed by atoms with van der Waals surface area (Å²) >= 11 is 1.78. The van der Waals surface area contributed by atoms with Crippen molar-refractivity contribution in [2.45, 2.75) is 13.5 Å². The van der Waals surface area contributed by atoms with Crippen LogP contribution < -0.4 is 0 Å². The number of hydrogen-bond donors (Lipinski definition) is 0. The van der Waals surface area contributed by atoms with Gasteiger partial charge in [0, 0.05) is 15.0 Å². The third kappa shape index (κ3) is 2.22. The van der Waals surface area contributed by atoms with E-state index >= 15 is 0 Å². The van der Waals surface area contributed by atoms with Crippen LogP contribution in [0.4, 0.5) is 0 Å². The molecule has 0 aliphatic rings. The molecule has 0 N–H and O–H groups in total. The minimum atomic E-state index is 0.671. The molecular weight excluding hydrogens is 226 g/mol. The van der Waals surface area contributed by atoms with Gasteiger partial charge in [-0.25, -0.2) is 0 Å². The smallest absolute Gasteiger partial charge is 0.0632 e. The van der Waals surface area contributed by atoms with Crippen molar-refractivity contribution in [2.75, 3.05) is 0 Å². The van der Waals surface area contributed by atoms with E-state index in [9.17, 15) is 0 Å². The third-order valence-corrected chi connectivity index (χ3v) is 3.82. The summed E-state index contributed by atoms with van der Waals surface area (Å²) in [4.78, 5) is 5.15. The van der Waals surface area contributed by atoms with Crippen LogP contribution in [-0.4, -0.2) is 6.72 Å². The number of rotatable bonds is 4. The Labute approximate surface area is 106 Å². The lowest BCUT2D eigenvalue weighted by Crippen LogP contribution is -1.80. The molecule has 0 aliphatic carbocycles. The zero-order valence-electron chi connectivity index (χ0n) is 9.94. The molecule has 1 aromatic carbocycles. The van der Waals surface area contributed by atoms with Crippen molar-refractivity contribution in [1.82, 2.24) is 0 Å². The van der Waals surface area contributed by atoms with Crippen LogP contribution in [0.15, 0.2) is 35.8 Å². The summed E-state index contributed by atoms with van der Waals surface area (Å²) in [6.07, 6.45) is 6.12. The van der Waals surface area contributed by atoms with Gasteiger partial charge in [-0.15, -0.1) is 11.3 Å². The van der Waals surface area contributed by atoms with Crippen LogP contribution in [-0.2, 0) is 6.54 Å². The van der Waals surface area contributed by atoms with Crippen LogP contribution in [0.5, 0.6) is 0 Å². The van der Waals surface area contributed by atoms with Gasteiger partial charge in [0.05, 0.1) is 6.54 Å². The van der Waals surface area contributed by atoms with Gasteiger partial charge in [0.1, 0.15) is 0 Å². The molecule has 0 bridgehead atoms. The Kier molecular flexibility index (Phi) is 3.55. The second kappa shape index (κ2) is 5.11. The predicted molar refractivity (Wildman–Crippen MR) is 79.9 cm³/mol. The zero-order valence-corrected chi connectivity index (χ0v) is 10.8. The van der Waals surface area contributed by atoms with Gasteiger partial charge in [-0.3, -0.25) is 4.99 Å². The Morgan fingerprint density at radius 3 is 2.88 bits per heavy atom. The highest BCUT2D eigenvalue weighted by Crippen LogP contribution is 2.33. The lowest BCUT2D eigenvalue weighted by Gasteiger charge is -1.98. The highest BCUT2D eigenvalue weighted by molar-refractivity contribution is 7.20. The molecule has 0 atom stereocenters. The molecule has 17 heavy (non-hydrogen) atoms. The Balaban J connectivity index is 2.68. The molecule has 0 unspecified atom stereocenters. The molecule has 0 saturated heterocycles. The van der Waals surface area contributed by atoms with Crippen LogP contribution in [0.1, 0.15) is 22.9 Å². The number of allylic oxidation sites excluding steroid dienone is 1. The second-order valence-corrected chi connectivity index (χ2v) is 4.88. The van der Waals surface area contributed by atoms with Crippen molar-refractivity contribution in [2.24, 2.45) is 4.99 Å². The summed E-state index contributed by atoms with van der Waals surface area (Å²) in [6.45, 7) is 10.1. The molecule has 2 aromatic rings. The van der Waals surface area contributed by atoms with E-state index in [2.05, 4.69) is 48.6 Å². The lowest BCUT2D eigenvalue weighted by molar-refractivity contribution is 1.09. The van der Waals surface area contributed by atoms with Crippen LogP contribution in [0.25, 0.3) is 22.2 Å². The van der Waals surface area contributed by atoms with Gasteiger partial charge in [0.2, 0.25) is 0 Å². The fraction of sp³-hybridized carbons (Fsp3) is 0.133. The van der Waals surface area contributed by atoms with Gasteiger partial charge in [-0.05, 0) is 36.9 Å². The summed E-state index contributed by atoms with van der Waals surface area (Å²) in [6, 6.07) is 6.46. The van der Waals surface area contributed by atoms with E-state index in [1.807, 2.05) is 13.0 Å². The number of nitrogens with zero attached hydrogens (tertiary/aromatic N) is 1. The minimum absolute atomic E-state index is 0.671. The van der Waals surface area contributed by atoms with Gasteiger partial charge in [0.15, 0.2) is 0 Å². The van der Waals surface area contributed by atoms with Crippen LogP contribution in [0.2, 0.25) is 0 Å². The average Bonchev–Trinajstić information content (AvgIpc) is 2.68. The summed E-state index contributed by atoms with van der Waals surface area (Å²) < 4.78 is 1.29. The predicted octanol–water partition coefficient (Wildman–Crippen LogP) is 4.78. The number of thiophene rings is 1. The molecule has 2 heteroatoms. The fourth-order valence-corrected chi connectivity index (χ4v) is 2.92. The summed E-state index contributed by atoms with van der Waals surface area (Å²) in [5.74, 6) is 0. The van der Waals surface area contributed by atoms with Gasteiger partial charge < -0.3 is 0 Å². The summed E-state index contributed by atoms with van der Waals surface area (Å²) in [5, 5.41) is 1.28. The molecule has 1 aromatic heterocycles. The van der Waals surface area contributed by atoms with E-state index in [1.54, 1.807) is 11.3 Å². The van der Waals surface area contributed by atoms with E-state index in [4.69, 9.17) is 0 Å². The van der Waals surface area contributed by atoms with Crippen molar-refractivity contribution in [3.05, 3.63) is 46.9 Å². The minimum Gasteiger partial charge on any atom is -0.296 e. The molecular formula is C15H15NS. The van der Waals surface area contributed by atoms with Crippen molar-refractivity contribution < 1.29 is 0 Å². The van der Waals surface area contributed by atoms with Gasteiger partial charge >= 0.3 is 0 Å². The van der Waals surface area contributed by atoms with E-state index in [-0.39, 0.29) is 0 Å². The monoisotopic (exact) mass is 241 g/mol. The van der Waals surface area contributed by atoms with Crippen molar-refractivity contribution in [3.8, 4) is 0 Å². The van der Waals surface area contributed by atoms with Crippen molar-refractivity contribution in [1.29, 1.82) is 0 Å². The van der Waals surface area contributed by atoms with E-state index in [1.165, 1.54) is 26.1 Å². The molecule has 1 nitrogen and oxygen atoms in total. The lowest BCUT2D eigenvalue weighted by atomic mass is 10.1. The maximum atomic E-state index is 3.93. The fourth-order valence-electron chi connectivity index (χ4n) is 1.90. The highest BCUT2D eigenvalue weighted by Gasteiger charge is 2.07. The third-order valence-electron chi connectivity index (χ3n) is 2.63. The molecule has 86 valence electrons. The van der Waals surface area contributed by atoms with Gasteiger partial charge in [-0.1, -0.05) is 30.9 Å². The first-order valence-corrected chi connectivity index (χ1v) is 6.35. The standard InChI is InChI=1S/C15H15NS/c1-4-6-12-13-9-11(10-16-3)7-8-15(13)17-14(12)5-2/h4-9H,2-3,10H2,1H3/b6-4-. The van der Waals surface area contributed by atoms with E-state index in [0.29, 0.717) is 6.54 Å². The van der Waals surface area contributed by atoms with Gasteiger partial charge in [0.25, 0.3) is 0 Å². The van der Waals surface area contributed by atoms with Crippen LogP contribution in [0.3, 0.4) is 0 Å². The molecule has 0 amide bonds. The number of benzene rings is 1. The average molecular weight is 241 g/mol. The molecule has 0 fully saturated rings.